The van der Waals surface area contributed by atoms with Gasteiger partial charge in [-0.05, 0) is 23.8 Å². The quantitative estimate of drug-likeness (QED) is 0.721. The number of hydrogen-bond donors (Lipinski definition) is 0. The molecule has 0 spiro atoms. The van der Waals surface area contributed by atoms with Crippen LogP contribution in [0.4, 0.5) is 0 Å². The molecule has 0 atom stereocenters. The van der Waals surface area contributed by atoms with Crippen LogP contribution in [0.1, 0.15) is 11.1 Å². The Morgan fingerprint density at radius 3 is 2.14 bits per heavy atom. The van der Waals surface area contributed by atoms with Crippen LogP contribution < -0.4 is 14.2 Å². The van der Waals surface area contributed by atoms with Gasteiger partial charge >= 0.3 is 0 Å². The summed E-state index contributed by atoms with van der Waals surface area (Å²) in [5, 5.41) is 0.660. The number of halogens is 2. The van der Waals surface area contributed by atoms with E-state index in [9.17, 15) is 0 Å². The minimum Gasteiger partial charge on any atom is -0.493 e. The molecule has 2 rings (SSSR count). The number of hydrogen-bond acceptors (Lipinski definition) is 3. The van der Waals surface area contributed by atoms with Gasteiger partial charge in [-0.15, -0.1) is 11.6 Å². The standard InChI is InChI=1S/C16H16Cl2O3/c1-19-14-7-11(9-17)8-15(20-2)16(14)21-10-12-5-3-4-6-13(12)18/h3-8H,9-10H2,1-2H3. The molecule has 21 heavy (non-hydrogen) atoms. The highest BCUT2D eigenvalue weighted by molar-refractivity contribution is 6.31. The molecule has 2 aromatic carbocycles. The molecule has 0 N–H and O–H groups in total. The smallest absolute Gasteiger partial charge is 0.203 e. The van der Waals surface area contributed by atoms with Gasteiger partial charge in [-0.1, -0.05) is 29.8 Å². The normalized spacial score (nSPS) is 10.3. The van der Waals surface area contributed by atoms with Gasteiger partial charge in [0.1, 0.15) is 6.61 Å². The Morgan fingerprint density at radius 2 is 1.62 bits per heavy atom. The summed E-state index contributed by atoms with van der Waals surface area (Å²) >= 11 is 12.0. The van der Waals surface area contributed by atoms with Gasteiger partial charge in [0.05, 0.1) is 14.2 Å². The van der Waals surface area contributed by atoms with Crippen molar-refractivity contribution in [2.24, 2.45) is 0 Å². The lowest BCUT2D eigenvalue weighted by molar-refractivity contribution is 0.265. The highest BCUT2D eigenvalue weighted by Crippen LogP contribution is 2.39. The summed E-state index contributed by atoms with van der Waals surface area (Å²) in [5.74, 6) is 2.07. The second kappa shape index (κ2) is 7.43. The molecule has 0 saturated carbocycles. The average molecular weight is 327 g/mol. The molecule has 0 bridgehead atoms. The predicted molar refractivity (Wildman–Crippen MR) is 84.9 cm³/mol. The van der Waals surface area contributed by atoms with Gasteiger partial charge in [0.25, 0.3) is 0 Å². The fourth-order valence-electron chi connectivity index (χ4n) is 1.92. The van der Waals surface area contributed by atoms with Crippen LogP contribution in [0.25, 0.3) is 0 Å². The zero-order valence-corrected chi connectivity index (χ0v) is 13.4. The molecule has 3 nitrogen and oxygen atoms in total. The molecule has 2 aromatic rings. The lowest BCUT2D eigenvalue weighted by Crippen LogP contribution is -2.01. The SMILES string of the molecule is COc1cc(CCl)cc(OC)c1OCc1ccccc1Cl. The van der Waals surface area contributed by atoms with E-state index in [1.54, 1.807) is 14.2 Å². The first kappa shape index (κ1) is 15.8. The van der Waals surface area contributed by atoms with Gasteiger partial charge in [-0.2, -0.15) is 0 Å². The summed E-state index contributed by atoms with van der Waals surface area (Å²) in [4.78, 5) is 0. The van der Waals surface area contributed by atoms with E-state index >= 15 is 0 Å². The van der Waals surface area contributed by atoms with Crippen LogP contribution >= 0.6 is 23.2 Å². The molecule has 0 saturated heterocycles. The van der Waals surface area contributed by atoms with Crippen molar-refractivity contribution >= 4 is 23.2 Å². The van der Waals surface area contributed by atoms with E-state index in [0.717, 1.165) is 11.1 Å². The summed E-state index contributed by atoms with van der Waals surface area (Å²) in [7, 11) is 3.16. The Kier molecular flexibility index (Phi) is 5.59. The number of ether oxygens (including phenoxy) is 3. The Labute approximate surface area is 134 Å². The topological polar surface area (TPSA) is 27.7 Å². The van der Waals surface area contributed by atoms with Crippen molar-refractivity contribution in [3.8, 4) is 17.2 Å². The Morgan fingerprint density at radius 1 is 1.00 bits per heavy atom. The van der Waals surface area contributed by atoms with Gasteiger partial charge in [0.15, 0.2) is 11.5 Å². The molecule has 0 unspecified atom stereocenters. The van der Waals surface area contributed by atoms with E-state index in [-0.39, 0.29) is 0 Å². The molecule has 0 fully saturated rings. The molecular formula is C16H16Cl2O3. The molecule has 0 amide bonds. The summed E-state index contributed by atoms with van der Waals surface area (Å²) in [6.07, 6.45) is 0. The van der Waals surface area contributed by atoms with Crippen molar-refractivity contribution in [3.05, 3.63) is 52.5 Å². The molecule has 5 heteroatoms. The van der Waals surface area contributed by atoms with Crippen LogP contribution in [0.3, 0.4) is 0 Å². The fourth-order valence-corrected chi connectivity index (χ4v) is 2.26. The largest absolute Gasteiger partial charge is 0.493 e. The minimum atomic E-state index is 0.326. The maximum Gasteiger partial charge on any atom is 0.203 e. The Balaban J connectivity index is 2.28. The van der Waals surface area contributed by atoms with E-state index in [4.69, 9.17) is 37.4 Å². The fraction of sp³-hybridized carbons (Fsp3) is 0.250. The van der Waals surface area contributed by atoms with E-state index in [1.807, 2.05) is 36.4 Å². The summed E-state index contributed by atoms with van der Waals surface area (Å²) in [6.45, 7) is 0.326. The first-order valence-electron chi connectivity index (χ1n) is 6.36. The molecule has 112 valence electrons. The molecule has 0 aliphatic carbocycles. The van der Waals surface area contributed by atoms with Gasteiger partial charge in [0.2, 0.25) is 5.75 Å². The summed E-state index contributed by atoms with van der Waals surface area (Å²) < 4.78 is 16.5. The van der Waals surface area contributed by atoms with E-state index in [0.29, 0.717) is 34.8 Å². The number of methoxy groups -OCH3 is 2. The molecule has 0 aliphatic rings. The van der Waals surface area contributed by atoms with Gasteiger partial charge in [-0.3, -0.25) is 0 Å². The third kappa shape index (κ3) is 3.74. The summed E-state index contributed by atoms with van der Waals surface area (Å²) in [6, 6.07) is 11.2. The molecule has 0 radical (unpaired) electrons. The van der Waals surface area contributed by atoms with Crippen molar-refractivity contribution in [2.75, 3.05) is 14.2 Å². The second-order valence-corrected chi connectivity index (χ2v) is 5.02. The van der Waals surface area contributed by atoms with Gasteiger partial charge in [0, 0.05) is 16.5 Å². The van der Waals surface area contributed by atoms with Crippen molar-refractivity contribution < 1.29 is 14.2 Å². The highest BCUT2D eigenvalue weighted by Gasteiger charge is 2.14. The molecule has 0 aliphatic heterocycles. The Hall–Kier alpha value is -1.58. The van der Waals surface area contributed by atoms with Crippen LogP contribution in [-0.2, 0) is 12.5 Å². The highest BCUT2D eigenvalue weighted by atomic mass is 35.5. The van der Waals surface area contributed by atoms with Crippen molar-refractivity contribution in [2.45, 2.75) is 12.5 Å². The number of benzene rings is 2. The maximum absolute atomic E-state index is 6.13. The molecule has 0 heterocycles. The van der Waals surface area contributed by atoms with Gasteiger partial charge < -0.3 is 14.2 Å². The third-order valence-corrected chi connectivity index (χ3v) is 3.68. The maximum atomic E-state index is 6.13. The number of alkyl halides is 1. The van der Waals surface area contributed by atoms with Crippen LogP contribution in [-0.4, -0.2) is 14.2 Å². The van der Waals surface area contributed by atoms with Crippen molar-refractivity contribution in [1.82, 2.24) is 0 Å². The van der Waals surface area contributed by atoms with E-state index in [1.165, 1.54) is 0 Å². The predicted octanol–water partition coefficient (Wildman–Crippen LogP) is 4.68. The minimum absolute atomic E-state index is 0.326. The third-order valence-electron chi connectivity index (χ3n) is 3.00. The first-order valence-corrected chi connectivity index (χ1v) is 7.28. The average Bonchev–Trinajstić information content (AvgIpc) is 2.53. The zero-order chi connectivity index (χ0) is 15.2. The lowest BCUT2D eigenvalue weighted by Gasteiger charge is -2.16. The zero-order valence-electron chi connectivity index (χ0n) is 11.9. The lowest BCUT2D eigenvalue weighted by atomic mass is 10.2. The Bertz CT molecular complexity index is 589. The van der Waals surface area contributed by atoms with Crippen LogP contribution in [0.5, 0.6) is 17.2 Å². The van der Waals surface area contributed by atoms with Crippen molar-refractivity contribution in [3.63, 3.8) is 0 Å². The van der Waals surface area contributed by atoms with Gasteiger partial charge in [-0.25, -0.2) is 0 Å². The van der Waals surface area contributed by atoms with E-state index in [2.05, 4.69) is 0 Å². The van der Waals surface area contributed by atoms with Crippen LogP contribution in [0.15, 0.2) is 36.4 Å². The summed E-state index contributed by atoms with van der Waals surface area (Å²) in [5.41, 5.74) is 1.79. The second-order valence-electron chi connectivity index (χ2n) is 4.34. The van der Waals surface area contributed by atoms with Crippen LogP contribution in [0, 0.1) is 0 Å². The van der Waals surface area contributed by atoms with E-state index < -0.39 is 0 Å². The first-order chi connectivity index (χ1) is 10.2. The van der Waals surface area contributed by atoms with Crippen molar-refractivity contribution in [1.29, 1.82) is 0 Å². The molecular weight excluding hydrogens is 311 g/mol. The monoisotopic (exact) mass is 326 g/mol. The number of rotatable bonds is 6. The molecule has 0 aromatic heterocycles. The van der Waals surface area contributed by atoms with Crippen LogP contribution in [0.2, 0.25) is 5.02 Å².